The molecule has 0 radical (unpaired) electrons. The number of aromatic nitrogens is 3. The third kappa shape index (κ3) is 1.62. The average Bonchev–Trinajstić information content (AvgIpc) is 2.69. The molecule has 4 heteroatoms. The molecule has 0 aliphatic rings. The minimum Gasteiger partial charge on any atom is -0.398 e. The molecule has 2 N–H and O–H groups in total. The van der Waals surface area contributed by atoms with E-state index in [1.165, 1.54) is 0 Å². The molecule has 0 atom stereocenters. The van der Waals surface area contributed by atoms with Crippen molar-refractivity contribution in [1.29, 1.82) is 0 Å². The molecule has 0 unspecified atom stereocenters. The van der Waals surface area contributed by atoms with Gasteiger partial charge in [0, 0.05) is 35.6 Å². The molecule has 90 valence electrons. The maximum Gasteiger partial charge on any atom is 0.0686 e. The van der Waals surface area contributed by atoms with E-state index in [-0.39, 0.29) is 0 Å². The van der Waals surface area contributed by atoms with Crippen molar-refractivity contribution in [1.82, 2.24) is 14.8 Å². The fourth-order valence-electron chi connectivity index (χ4n) is 2.18. The lowest BCUT2D eigenvalue weighted by molar-refractivity contribution is 0.797. The van der Waals surface area contributed by atoms with Gasteiger partial charge in [0.05, 0.1) is 11.7 Å². The molecule has 0 saturated heterocycles. The molecule has 3 aromatic rings. The molecule has 0 saturated carbocycles. The van der Waals surface area contributed by atoms with Crippen molar-refractivity contribution in [2.24, 2.45) is 7.05 Å². The van der Waals surface area contributed by atoms with Gasteiger partial charge >= 0.3 is 0 Å². The number of pyridine rings is 1. The summed E-state index contributed by atoms with van der Waals surface area (Å²) in [4.78, 5) is 4.21. The number of rotatable bonds is 1. The average molecular weight is 238 g/mol. The van der Waals surface area contributed by atoms with E-state index in [9.17, 15) is 0 Å². The zero-order valence-corrected chi connectivity index (χ0v) is 10.4. The highest BCUT2D eigenvalue weighted by Crippen LogP contribution is 2.30. The van der Waals surface area contributed by atoms with Crippen LogP contribution < -0.4 is 5.73 Å². The van der Waals surface area contributed by atoms with Gasteiger partial charge in [0.15, 0.2) is 0 Å². The summed E-state index contributed by atoms with van der Waals surface area (Å²) in [6.45, 7) is 1.97. The van der Waals surface area contributed by atoms with Crippen molar-refractivity contribution in [3.63, 3.8) is 0 Å². The van der Waals surface area contributed by atoms with E-state index < -0.39 is 0 Å². The second kappa shape index (κ2) is 3.84. The molecule has 1 aromatic carbocycles. The Labute approximate surface area is 105 Å². The monoisotopic (exact) mass is 238 g/mol. The summed E-state index contributed by atoms with van der Waals surface area (Å²) in [7, 11) is 1.93. The number of aryl methyl sites for hydroxylation is 2. The van der Waals surface area contributed by atoms with Crippen LogP contribution >= 0.6 is 0 Å². The number of nitrogens with zero attached hydrogens (tertiary/aromatic N) is 3. The van der Waals surface area contributed by atoms with E-state index in [4.69, 9.17) is 5.73 Å². The summed E-state index contributed by atoms with van der Waals surface area (Å²) in [6.07, 6.45) is 3.63. The van der Waals surface area contributed by atoms with E-state index in [0.29, 0.717) is 0 Å². The van der Waals surface area contributed by atoms with Crippen LogP contribution in [0.3, 0.4) is 0 Å². The Morgan fingerprint density at radius 3 is 2.83 bits per heavy atom. The van der Waals surface area contributed by atoms with Crippen LogP contribution in [0.5, 0.6) is 0 Å². The standard InChI is InChI=1S/C14H14N4/c1-9-5-10(3-4-16-9)12-7-14-11(6-13(12)15)8-17-18(14)2/h3-8H,15H2,1-2H3. The lowest BCUT2D eigenvalue weighted by atomic mass is 10.0. The number of hydrogen-bond donors (Lipinski definition) is 1. The molecule has 0 aliphatic carbocycles. The first-order valence-corrected chi connectivity index (χ1v) is 5.79. The molecule has 2 heterocycles. The van der Waals surface area contributed by atoms with Gasteiger partial charge in [-0.3, -0.25) is 9.67 Å². The van der Waals surface area contributed by atoms with Crippen molar-refractivity contribution in [3.8, 4) is 11.1 Å². The van der Waals surface area contributed by atoms with Crippen LogP contribution in [0.4, 0.5) is 5.69 Å². The van der Waals surface area contributed by atoms with E-state index in [2.05, 4.69) is 16.1 Å². The van der Waals surface area contributed by atoms with Crippen molar-refractivity contribution in [2.45, 2.75) is 6.92 Å². The third-order valence-electron chi connectivity index (χ3n) is 3.13. The zero-order chi connectivity index (χ0) is 12.7. The number of nitrogens with two attached hydrogens (primary N) is 1. The molecule has 0 spiro atoms. The van der Waals surface area contributed by atoms with Crippen LogP contribution in [0.15, 0.2) is 36.7 Å². The van der Waals surface area contributed by atoms with Gasteiger partial charge in [0.2, 0.25) is 0 Å². The first-order valence-electron chi connectivity index (χ1n) is 5.79. The lowest BCUT2D eigenvalue weighted by Crippen LogP contribution is -1.94. The number of anilines is 1. The predicted molar refractivity (Wildman–Crippen MR) is 73.1 cm³/mol. The van der Waals surface area contributed by atoms with E-state index in [1.807, 2.05) is 43.0 Å². The van der Waals surface area contributed by atoms with Crippen LogP contribution in [0.1, 0.15) is 5.69 Å². The Morgan fingerprint density at radius 2 is 2.06 bits per heavy atom. The smallest absolute Gasteiger partial charge is 0.0686 e. The summed E-state index contributed by atoms with van der Waals surface area (Å²) in [5.74, 6) is 0. The molecule has 0 fully saturated rings. The van der Waals surface area contributed by atoms with Crippen LogP contribution in [0, 0.1) is 6.92 Å². The van der Waals surface area contributed by atoms with Crippen molar-refractivity contribution >= 4 is 16.6 Å². The molecule has 0 bridgehead atoms. The Balaban J connectivity index is 2.28. The summed E-state index contributed by atoms with van der Waals surface area (Å²) in [6, 6.07) is 8.05. The Kier molecular flexibility index (Phi) is 2.30. The minimum atomic E-state index is 0.765. The maximum atomic E-state index is 6.12. The fraction of sp³-hybridized carbons (Fsp3) is 0.143. The first kappa shape index (κ1) is 10.8. The Morgan fingerprint density at radius 1 is 1.22 bits per heavy atom. The summed E-state index contributed by atoms with van der Waals surface area (Å²) in [5, 5.41) is 5.30. The molecule has 0 amide bonds. The van der Waals surface area contributed by atoms with Gasteiger partial charge in [-0.15, -0.1) is 0 Å². The van der Waals surface area contributed by atoms with Gasteiger partial charge in [0.1, 0.15) is 0 Å². The quantitative estimate of drug-likeness (QED) is 0.663. The van der Waals surface area contributed by atoms with Crippen LogP contribution in [0.25, 0.3) is 22.0 Å². The number of nitrogen functional groups attached to an aromatic ring is 1. The largest absolute Gasteiger partial charge is 0.398 e. The SMILES string of the molecule is Cc1cc(-c2cc3c(cnn3C)cc2N)ccn1. The topological polar surface area (TPSA) is 56.7 Å². The van der Waals surface area contributed by atoms with Crippen LogP contribution in [-0.2, 0) is 7.05 Å². The van der Waals surface area contributed by atoms with Crippen molar-refractivity contribution in [2.75, 3.05) is 5.73 Å². The fourth-order valence-corrected chi connectivity index (χ4v) is 2.18. The molecule has 3 rings (SSSR count). The summed E-state index contributed by atoms with van der Waals surface area (Å²) < 4.78 is 1.85. The number of benzene rings is 1. The molecular weight excluding hydrogens is 224 g/mol. The molecule has 4 nitrogen and oxygen atoms in total. The molecular formula is C14H14N4. The zero-order valence-electron chi connectivity index (χ0n) is 10.4. The molecule has 0 aliphatic heterocycles. The highest BCUT2D eigenvalue weighted by Gasteiger charge is 2.08. The third-order valence-corrected chi connectivity index (χ3v) is 3.13. The van der Waals surface area contributed by atoms with Gasteiger partial charge in [-0.1, -0.05) is 0 Å². The van der Waals surface area contributed by atoms with Gasteiger partial charge in [0.25, 0.3) is 0 Å². The van der Waals surface area contributed by atoms with Crippen LogP contribution in [-0.4, -0.2) is 14.8 Å². The number of fused-ring (bicyclic) bond motifs is 1. The second-order valence-electron chi connectivity index (χ2n) is 4.45. The summed E-state index contributed by atoms with van der Waals surface area (Å²) in [5.41, 5.74) is 11.1. The molecule has 2 aromatic heterocycles. The predicted octanol–water partition coefficient (Wildman–Crippen LogP) is 2.53. The van der Waals surface area contributed by atoms with Gasteiger partial charge in [-0.2, -0.15) is 5.10 Å². The Hall–Kier alpha value is -2.36. The van der Waals surface area contributed by atoms with Gasteiger partial charge in [-0.25, -0.2) is 0 Å². The lowest BCUT2D eigenvalue weighted by Gasteiger charge is -2.07. The van der Waals surface area contributed by atoms with Crippen LogP contribution in [0.2, 0.25) is 0 Å². The van der Waals surface area contributed by atoms with E-state index >= 15 is 0 Å². The minimum absolute atomic E-state index is 0.765. The van der Waals surface area contributed by atoms with E-state index in [1.54, 1.807) is 6.20 Å². The normalized spacial score (nSPS) is 11.0. The Bertz CT molecular complexity index is 728. The van der Waals surface area contributed by atoms with Crippen molar-refractivity contribution in [3.05, 3.63) is 42.4 Å². The number of hydrogen-bond acceptors (Lipinski definition) is 3. The molecule has 18 heavy (non-hydrogen) atoms. The highest BCUT2D eigenvalue weighted by atomic mass is 15.2. The van der Waals surface area contributed by atoms with Crippen molar-refractivity contribution < 1.29 is 0 Å². The van der Waals surface area contributed by atoms with Gasteiger partial charge in [-0.05, 0) is 36.8 Å². The highest BCUT2D eigenvalue weighted by molar-refractivity contribution is 5.91. The second-order valence-corrected chi connectivity index (χ2v) is 4.45. The van der Waals surface area contributed by atoms with E-state index in [0.717, 1.165) is 33.4 Å². The van der Waals surface area contributed by atoms with Gasteiger partial charge < -0.3 is 5.73 Å². The maximum absolute atomic E-state index is 6.12. The first-order chi connectivity index (χ1) is 8.65. The summed E-state index contributed by atoms with van der Waals surface area (Å²) >= 11 is 0.